The van der Waals surface area contributed by atoms with Crippen molar-refractivity contribution in [3.8, 4) is 0 Å². The smallest absolute Gasteiger partial charge is 0.315 e. The van der Waals surface area contributed by atoms with E-state index >= 15 is 0 Å². The van der Waals surface area contributed by atoms with Gasteiger partial charge in [0.2, 0.25) is 0 Å². The van der Waals surface area contributed by atoms with Gasteiger partial charge in [-0.05, 0) is 37.0 Å². The molecule has 1 saturated carbocycles. The predicted molar refractivity (Wildman–Crippen MR) is 70.5 cm³/mol. The monoisotopic (exact) mass is 298 g/mol. The van der Waals surface area contributed by atoms with Gasteiger partial charge in [0.25, 0.3) is 0 Å². The van der Waals surface area contributed by atoms with Crippen LogP contribution in [-0.2, 0) is 11.3 Å². The third-order valence-corrected chi connectivity index (χ3v) is 3.55. The van der Waals surface area contributed by atoms with E-state index in [2.05, 4.69) is 10.6 Å². The molecule has 114 valence electrons. The molecule has 1 aromatic carbocycles. The second-order valence-electron chi connectivity index (χ2n) is 5.12. The summed E-state index contributed by atoms with van der Waals surface area (Å²) in [6.45, 7) is 0.0676. The molecule has 0 bridgehead atoms. The summed E-state index contributed by atoms with van der Waals surface area (Å²) < 4.78 is 25.7. The van der Waals surface area contributed by atoms with Crippen molar-refractivity contribution < 1.29 is 23.5 Å². The third kappa shape index (κ3) is 4.14. The molecule has 0 saturated heterocycles. The zero-order valence-electron chi connectivity index (χ0n) is 11.2. The fraction of sp³-hybridized carbons (Fsp3) is 0.429. The zero-order chi connectivity index (χ0) is 15.4. The maximum Gasteiger partial charge on any atom is 0.315 e. The number of aliphatic carboxylic acids is 1. The Morgan fingerprint density at radius 3 is 2.62 bits per heavy atom. The topological polar surface area (TPSA) is 78.4 Å². The van der Waals surface area contributed by atoms with E-state index < -0.39 is 29.6 Å². The van der Waals surface area contributed by atoms with Crippen molar-refractivity contribution in [2.24, 2.45) is 5.92 Å². The van der Waals surface area contributed by atoms with Gasteiger partial charge in [0.15, 0.2) is 11.6 Å². The van der Waals surface area contributed by atoms with Crippen molar-refractivity contribution >= 4 is 12.0 Å². The zero-order valence-corrected chi connectivity index (χ0v) is 11.2. The molecule has 21 heavy (non-hydrogen) atoms. The van der Waals surface area contributed by atoms with Crippen LogP contribution in [0.5, 0.6) is 0 Å². The summed E-state index contributed by atoms with van der Waals surface area (Å²) in [7, 11) is 0. The van der Waals surface area contributed by atoms with E-state index in [9.17, 15) is 18.4 Å². The summed E-state index contributed by atoms with van der Waals surface area (Å²) in [6.07, 6.45) is 1.58. The number of amides is 2. The molecule has 7 heteroatoms. The summed E-state index contributed by atoms with van der Waals surface area (Å²) in [4.78, 5) is 22.5. The Balaban J connectivity index is 1.77. The Labute approximate surface area is 120 Å². The van der Waals surface area contributed by atoms with Gasteiger partial charge in [0.1, 0.15) is 0 Å². The maximum absolute atomic E-state index is 13.0. The van der Waals surface area contributed by atoms with Gasteiger partial charge in [-0.25, -0.2) is 13.6 Å². The van der Waals surface area contributed by atoms with Crippen LogP contribution in [0.2, 0.25) is 0 Å². The van der Waals surface area contributed by atoms with E-state index in [0.717, 1.165) is 12.1 Å². The molecule has 1 aliphatic rings. The normalized spacial score (nSPS) is 21.0. The Hall–Kier alpha value is -2.18. The van der Waals surface area contributed by atoms with E-state index in [1.807, 2.05) is 0 Å². The molecule has 2 amide bonds. The van der Waals surface area contributed by atoms with Crippen molar-refractivity contribution in [2.75, 3.05) is 0 Å². The third-order valence-electron chi connectivity index (χ3n) is 3.55. The first-order chi connectivity index (χ1) is 9.95. The Kier molecular flexibility index (Phi) is 4.72. The number of hydrogen-bond acceptors (Lipinski definition) is 2. The fourth-order valence-electron chi connectivity index (χ4n) is 2.41. The van der Waals surface area contributed by atoms with Crippen LogP contribution >= 0.6 is 0 Å². The number of halogens is 2. The lowest BCUT2D eigenvalue weighted by atomic mass is 10.1. The summed E-state index contributed by atoms with van der Waals surface area (Å²) in [5, 5.41) is 14.1. The fourth-order valence-corrected chi connectivity index (χ4v) is 2.41. The van der Waals surface area contributed by atoms with E-state index in [1.54, 1.807) is 0 Å². The van der Waals surface area contributed by atoms with Crippen LogP contribution in [0, 0.1) is 17.6 Å². The highest BCUT2D eigenvalue weighted by molar-refractivity contribution is 5.75. The lowest BCUT2D eigenvalue weighted by molar-refractivity contribution is -0.141. The lowest BCUT2D eigenvalue weighted by Gasteiger charge is -2.13. The van der Waals surface area contributed by atoms with E-state index in [4.69, 9.17) is 5.11 Å². The SMILES string of the molecule is O=C(NCc1ccc(F)c(F)c1)N[C@H]1CC[C@@H](C(=O)O)C1. The van der Waals surface area contributed by atoms with Crippen molar-refractivity contribution in [3.63, 3.8) is 0 Å². The van der Waals surface area contributed by atoms with E-state index in [-0.39, 0.29) is 12.6 Å². The molecule has 3 N–H and O–H groups in total. The number of carboxylic acid groups (broad SMARTS) is 1. The highest BCUT2D eigenvalue weighted by Crippen LogP contribution is 2.25. The van der Waals surface area contributed by atoms with E-state index in [0.29, 0.717) is 24.8 Å². The average Bonchev–Trinajstić information content (AvgIpc) is 2.89. The van der Waals surface area contributed by atoms with Gasteiger partial charge in [-0.1, -0.05) is 6.07 Å². The number of benzene rings is 1. The highest BCUT2D eigenvalue weighted by atomic mass is 19.2. The van der Waals surface area contributed by atoms with E-state index in [1.165, 1.54) is 6.07 Å². The molecule has 0 aliphatic heterocycles. The Bertz CT molecular complexity index is 551. The number of hydrogen-bond donors (Lipinski definition) is 3. The van der Waals surface area contributed by atoms with Crippen LogP contribution in [0.15, 0.2) is 18.2 Å². The molecule has 0 heterocycles. The summed E-state index contributed by atoms with van der Waals surface area (Å²) in [5.41, 5.74) is 0.443. The first-order valence-electron chi connectivity index (χ1n) is 6.67. The minimum absolute atomic E-state index is 0.0676. The van der Waals surface area contributed by atoms with Crippen molar-refractivity contribution in [2.45, 2.75) is 31.8 Å². The molecule has 5 nitrogen and oxygen atoms in total. The van der Waals surface area contributed by atoms with Crippen LogP contribution in [-0.4, -0.2) is 23.1 Å². The van der Waals surface area contributed by atoms with Crippen LogP contribution < -0.4 is 10.6 Å². The first kappa shape index (κ1) is 15.2. The minimum Gasteiger partial charge on any atom is -0.481 e. The second-order valence-corrected chi connectivity index (χ2v) is 5.12. The molecular weight excluding hydrogens is 282 g/mol. The van der Waals surface area contributed by atoms with Crippen molar-refractivity contribution in [1.29, 1.82) is 0 Å². The Morgan fingerprint density at radius 2 is 2.00 bits per heavy atom. The molecule has 2 rings (SSSR count). The molecule has 1 fully saturated rings. The van der Waals surface area contributed by atoms with Gasteiger partial charge in [-0.3, -0.25) is 4.79 Å². The number of carbonyl (C=O) groups excluding carboxylic acids is 1. The van der Waals surface area contributed by atoms with Crippen LogP contribution in [0.25, 0.3) is 0 Å². The summed E-state index contributed by atoms with van der Waals surface area (Å²) in [5.74, 6) is -3.16. The van der Waals surface area contributed by atoms with Gasteiger partial charge in [0, 0.05) is 12.6 Å². The van der Waals surface area contributed by atoms with Gasteiger partial charge in [-0.15, -0.1) is 0 Å². The molecule has 0 aromatic heterocycles. The van der Waals surface area contributed by atoms with Gasteiger partial charge < -0.3 is 15.7 Å². The number of urea groups is 1. The summed E-state index contributed by atoms with van der Waals surface area (Å²) in [6, 6.07) is 2.78. The average molecular weight is 298 g/mol. The molecule has 0 radical (unpaired) electrons. The largest absolute Gasteiger partial charge is 0.481 e. The molecule has 0 unspecified atom stereocenters. The standard InChI is InChI=1S/C14H16F2N2O3/c15-11-4-1-8(5-12(11)16)7-17-14(21)18-10-3-2-9(6-10)13(19)20/h1,4-5,9-10H,2-3,6-7H2,(H,19,20)(H2,17,18,21)/t9-,10+/m1/s1. The lowest BCUT2D eigenvalue weighted by Crippen LogP contribution is -2.40. The quantitative estimate of drug-likeness (QED) is 0.795. The summed E-state index contributed by atoms with van der Waals surface area (Å²) >= 11 is 0. The van der Waals surface area contributed by atoms with Crippen LogP contribution in [0.1, 0.15) is 24.8 Å². The highest BCUT2D eigenvalue weighted by Gasteiger charge is 2.30. The molecular formula is C14H16F2N2O3. The molecule has 1 aliphatic carbocycles. The number of nitrogens with one attached hydrogen (secondary N) is 2. The molecule has 2 atom stereocenters. The molecule has 0 spiro atoms. The second kappa shape index (κ2) is 6.51. The van der Waals surface area contributed by atoms with Crippen molar-refractivity contribution in [3.05, 3.63) is 35.4 Å². The number of carboxylic acids is 1. The predicted octanol–water partition coefficient (Wildman–Crippen LogP) is 2.02. The first-order valence-corrected chi connectivity index (χ1v) is 6.67. The van der Waals surface area contributed by atoms with Crippen molar-refractivity contribution in [1.82, 2.24) is 10.6 Å². The molecule has 1 aromatic rings. The van der Waals surface area contributed by atoms with Gasteiger partial charge in [-0.2, -0.15) is 0 Å². The van der Waals surface area contributed by atoms with Gasteiger partial charge in [0.05, 0.1) is 5.92 Å². The minimum atomic E-state index is -0.963. The number of carbonyl (C=O) groups is 2. The number of rotatable bonds is 4. The Morgan fingerprint density at radius 1 is 1.24 bits per heavy atom. The van der Waals surface area contributed by atoms with Crippen LogP contribution in [0.3, 0.4) is 0 Å². The maximum atomic E-state index is 13.0. The van der Waals surface area contributed by atoms with Gasteiger partial charge >= 0.3 is 12.0 Å². The van der Waals surface area contributed by atoms with Crippen LogP contribution in [0.4, 0.5) is 13.6 Å².